The molecule has 0 spiro atoms. The van der Waals surface area contributed by atoms with Crippen LogP contribution >= 0.6 is 0 Å². The lowest BCUT2D eigenvalue weighted by Crippen LogP contribution is -2.29. The number of benzene rings is 3. The third kappa shape index (κ3) is 4.14. The first-order chi connectivity index (χ1) is 18.9. The molecule has 7 rings (SSSR count). The van der Waals surface area contributed by atoms with Crippen molar-refractivity contribution in [3.8, 4) is 22.3 Å². The lowest BCUT2D eigenvalue weighted by Gasteiger charge is -2.30. The third-order valence-electron chi connectivity index (χ3n) is 8.27. The second-order valence-electron chi connectivity index (χ2n) is 10.6. The van der Waals surface area contributed by atoms with Gasteiger partial charge in [0.05, 0.1) is 24.8 Å². The summed E-state index contributed by atoms with van der Waals surface area (Å²) in [6.45, 7) is 4.47. The summed E-state index contributed by atoms with van der Waals surface area (Å²) < 4.78 is 0. The van der Waals surface area contributed by atoms with Gasteiger partial charge < -0.3 is 9.80 Å². The average molecular weight is 501 g/mol. The molecule has 0 aliphatic carbocycles. The van der Waals surface area contributed by atoms with E-state index in [0.29, 0.717) is 0 Å². The summed E-state index contributed by atoms with van der Waals surface area (Å²) in [5.74, 6) is 0. The zero-order chi connectivity index (χ0) is 25.3. The topological polar surface area (TPSA) is 58.0 Å². The van der Waals surface area contributed by atoms with Crippen molar-refractivity contribution < 1.29 is 0 Å². The fourth-order valence-electron chi connectivity index (χ4n) is 6.40. The Kier molecular flexibility index (Phi) is 6.08. The van der Waals surface area contributed by atoms with Gasteiger partial charge in [0, 0.05) is 48.7 Å². The van der Waals surface area contributed by atoms with E-state index < -0.39 is 0 Å². The minimum atomic E-state index is 1.09. The van der Waals surface area contributed by atoms with Crippen LogP contribution in [0.25, 0.3) is 43.8 Å². The molecule has 0 radical (unpaired) electrons. The minimum absolute atomic E-state index is 1.09. The number of fused-ring (bicyclic) bond motifs is 2. The normalized spacial score (nSPS) is 16.3. The summed E-state index contributed by atoms with van der Waals surface area (Å²) in [5, 5.41) is 21.7. The Balaban J connectivity index is 1.55. The van der Waals surface area contributed by atoms with Gasteiger partial charge in [-0.05, 0) is 108 Å². The molecule has 0 amide bonds. The molecule has 2 aliphatic heterocycles. The second-order valence-corrected chi connectivity index (χ2v) is 10.6. The van der Waals surface area contributed by atoms with Gasteiger partial charge in [0.25, 0.3) is 0 Å². The van der Waals surface area contributed by atoms with E-state index >= 15 is 0 Å². The summed E-state index contributed by atoms with van der Waals surface area (Å²) in [4.78, 5) is 5.07. The third-order valence-corrected chi connectivity index (χ3v) is 8.27. The maximum atomic E-state index is 4.27. The number of hydrogen-bond donors (Lipinski definition) is 0. The molecule has 38 heavy (non-hydrogen) atoms. The number of aromatic nitrogens is 4. The van der Waals surface area contributed by atoms with Gasteiger partial charge in [0.2, 0.25) is 0 Å². The van der Waals surface area contributed by atoms with E-state index in [0.717, 1.165) is 37.3 Å². The minimum Gasteiger partial charge on any atom is -0.372 e. The van der Waals surface area contributed by atoms with Crippen LogP contribution in [0.4, 0.5) is 11.4 Å². The fraction of sp³-hybridized carbons (Fsp3) is 0.312. The highest BCUT2D eigenvalue weighted by atomic mass is 15.1. The van der Waals surface area contributed by atoms with Gasteiger partial charge in [0.15, 0.2) is 0 Å². The lowest BCUT2D eigenvalue weighted by molar-refractivity contribution is 0.578. The van der Waals surface area contributed by atoms with Crippen LogP contribution in [0.3, 0.4) is 0 Å². The number of anilines is 2. The zero-order valence-electron chi connectivity index (χ0n) is 21.7. The zero-order valence-corrected chi connectivity index (χ0v) is 21.7. The molecule has 190 valence electrons. The number of nitrogens with zero attached hydrogens (tertiary/aromatic N) is 6. The maximum Gasteiger partial charge on any atom is 0.0575 e. The SMILES string of the molecule is c1cc(-c2c3ccc(N4CCCCC4)cc3c(-c3ccnnc3)c3ccc(N4CCCCC4)cc23)cnn1. The van der Waals surface area contributed by atoms with Crippen molar-refractivity contribution in [3.63, 3.8) is 0 Å². The van der Waals surface area contributed by atoms with Crippen LogP contribution in [0, 0.1) is 0 Å². The Morgan fingerprint density at radius 2 is 0.895 bits per heavy atom. The van der Waals surface area contributed by atoms with Crippen molar-refractivity contribution in [2.24, 2.45) is 0 Å². The first kappa shape index (κ1) is 23.1. The first-order valence-electron chi connectivity index (χ1n) is 13.9. The molecule has 4 heterocycles. The van der Waals surface area contributed by atoms with Crippen LogP contribution in [0.5, 0.6) is 0 Å². The molecule has 2 saturated heterocycles. The highest BCUT2D eigenvalue weighted by molar-refractivity contribution is 6.22. The van der Waals surface area contributed by atoms with Gasteiger partial charge in [-0.1, -0.05) is 12.1 Å². The number of rotatable bonds is 4. The van der Waals surface area contributed by atoms with Gasteiger partial charge in [-0.25, -0.2) is 0 Å². The summed E-state index contributed by atoms with van der Waals surface area (Å²) >= 11 is 0. The Morgan fingerprint density at radius 1 is 0.447 bits per heavy atom. The van der Waals surface area contributed by atoms with Crippen LogP contribution in [0.15, 0.2) is 73.3 Å². The summed E-state index contributed by atoms with van der Waals surface area (Å²) in [7, 11) is 0. The summed E-state index contributed by atoms with van der Waals surface area (Å²) in [6.07, 6.45) is 15.0. The van der Waals surface area contributed by atoms with E-state index in [2.05, 4.69) is 78.7 Å². The molecule has 0 saturated carbocycles. The second kappa shape index (κ2) is 10.0. The Morgan fingerprint density at radius 3 is 1.29 bits per heavy atom. The van der Waals surface area contributed by atoms with Gasteiger partial charge >= 0.3 is 0 Å². The molecule has 2 aromatic heterocycles. The lowest BCUT2D eigenvalue weighted by atomic mass is 9.86. The van der Waals surface area contributed by atoms with Crippen molar-refractivity contribution in [3.05, 3.63) is 73.3 Å². The summed E-state index contributed by atoms with van der Waals surface area (Å²) in [6, 6.07) is 18.2. The molecule has 5 aromatic rings. The van der Waals surface area contributed by atoms with E-state index in [1.807, 2.05) is 12.4 Å². The molecular formula is C32H32N6. The van der Waals surface area contributed by atoms with E-state index in [9.17, 15) is 0 Å². The first-order valence-corrected chi connectivity index (χ1v) is 13.9. The molecule has 0 N–H and O–H groups in total. The predicted molar refractivity (Wildman–Crippen MR) is 156 cm³/mol. The van der Waals surface area contributed by atoms with Crippen LogP contribution in [-0.2, 0) is 0 Å². The standard InChI is InChI=1S/C32H32N6/c1-3-15-37(16-4-1)25-7-9-27-29(19-25)31(23-11-13-33-35-21-23)28-10-8-26(38-17-5-2-6-18-38)20-30(28)32(27)24-12-14-34-36-22-24/h7-14,19-22H,1-6,15-18H2. The molecule has 2 fully saturated rings. The number of piperidine rings is 2. The highest BCUT2D eigenvalue weighted by Crippen LogP contribution is 2.45. The van der Waals surface area contributed by atoms with E-state index in [1.54, 1.807) is 12.4 Å². The largest absolute Gasteiger partial charge is 0.372 e. The van der Waals surface area contributed by atoms with Crippen molar-refractivity contribution >= 4 is 32.9 Å². The van der Waals surface area contributed by atoms with Crippen LogP contribution in [0.1, 0.15) is 38.5 Å². The van der Waals surface area contributed by atoms with Gasteiger partial charge in [-0.15, -0.1) is 0 Å². The predicted octanol–water partition coefficient (Wildman–Crippen LogP) is 6.89. The van der Waals surface area contributed by atoms with Gasteiger partial charge in [-0.2, -0.15) is 20.4 Å². The average Bonchev–Trinajstić information content (AvgIpc) is 3.01. The van der Waals surface area contributed by atoms with Crippen molar-refractivity contribution in [2.75, 3.05) is 36.0 Å². The van der Waals surface area contributed by atoms with E-state index in [1.165, 1.54) is 82.6 Å². The smallest absolute Gasteiger partial charge is 0.0575 e. The molecule has 6 heteroatoms. The quantitative estimate of drug-likeness (QED) is 0.251. The van der Waals surface area contributed by atoms with Gasteiger partial charge in [0.1, 0.15) is 0 Å². The molecule has 0 bridgehead atoms. The fourth-order valence-corrected chi connectivity index (χ4v) is 6.40. The molecule has 0 unspecified atom stereocenters. The monoisotopic (exact) mass is 500 g/mol. The highest BCUT2D eigenvalue weighted by Gasteiger charge is 2.21. The van der Waals surface area contributed by atoms with Crippen molar-refractivity contribution in [1.29, 1.82) is 0 Å². The Hall–Kier alpha value is -4.06. The van der Waals surface area contributed by atoms with Gasteiger partial charge in [-0.3, -0.25) is 0 Å². The Labute approximate surface area is 223 Å². The molecule has 3 aromatic carbocycles. The van der Waals surface area contributed by atoms with Crippen LogP contribution < -0.4 is 9.80 Å². The molecule has 6 nitrogen and oxygen atoms in total. The van der Waals surface area contributed by atoms with E-state index in [-0.39, 0.29) is 0 Å². The van der Waals surface area contributed by atoms with E-state index in [4.69, 9.17) is 0 Å². The van der Waals surface area contributed by atoms with Crippen LogP contribution in [0.2, 0.25) is 0 Å². The Bertz CT molecular complexity index is 1450. The van der Waals surface area contributed by atoms with Crippen molar-refractivity contribution in [2.45, 2.75) is 38.5 Å². The maximum absolute atomic E-state index is 4.27. The molecule has 0 atom stereocenters. The summed E-state index contributed by atoms with van der Waals surface area (Å²) in [5.41, 5.74) is 7.22. The number of hydrogen-bond acceptors (Lipinski definition) is 6. The molecular weight excluding hydrogens is 468 g/mol. The van der Waals surface area contributed by atoms with Crippen LogP contribution in [-0.4, -0.2) is 46.6 Å². The van der Waals surface area contributed by atoms with Crippen molar-refractivity contribution in [1.82, 2.24) is 20.4 Å². The molecule has 2 aliphatic rings.